The molecule has 2 fully saturated rings. The molecule has 2 aliphatic heterocycles. The fourth-order valence-electron chi connectivity index (χ4n) is 1.37. The summed E-state index contributed by atoms with van der Waals surface area (Å²) in [6.07, 6.45) is 3.51. The monoisotopic (exact) mass is 128 g/mol. The van der Waals surface area contributed by atoms with Crippen LogP contribution >= 0.6 is 0 Å². The van der Waals surface area contributed by atoms with E-state index in [1.54, 1.807) is 0 Å². The normalized spacial score (nSPS) is 42.7. The number of ether oxygens (including phenoxy) is 2. The molecule has 2 aliphatic rings. The second-order valence-corrected chi connectivity index (χ2v) is 2.94. The minimum atomic E-state index is 0.288. The van der Waals surface area contributed by atoms with Gasteiger partial charge in [-0.05, 0) is 12.8 Å². The second-order valence-electron chi connectivity index (χ2n) is 2.94. The van der Waals surface area contributed by atoms with Crippen molar-refractivity contribution in [3.05, 3.63) is 0 Å². The molecule has 2 nitrogen and oxygen atoms in total. The third-order valence-electron chi connectivity index (χ3n) is 2.18. The minimum Gasteiger partial charge on any atom is -0.381 e. The van der Waals surface area contributed by atoms with Gasteiger partial charge in [0, 0.05) is 19.6 Å². The molecule has 0 aromatic rings. The lowest BCUT2D eigenvalue weighted by Gasteiger charge is -2.02. The summed E-state index contributed by atoms with van der Waals surface area (Å²) in [5.41, 5.74) is 0.288. The molecular weight excluding hydrogens is 116 g/mol. The highest BCUT2D eigenvalue weighted by molar-refractivity contribution is 4.92. The maximum atomic E-state index is 5.34. The van der Waals surface area contributed by atoms with Crippen LogP contribution in [0.4, 0.5) is 0 Å². The number of epoxide rings is 1. The zero-order chi connectivity index (χ0) is 6.16. The molecule has 9 heavy (non-hydrogen) atoms. The predicted molar refractivity (Wildman–Crippen MR) is 33.4 cm³/mol. The molecule has 52 valence electrons. The van der Waals surface area contributed by atoms with E-state index in [0.29, 0.717) is 0 Å². The Kier molecular flexibility index (Phi) is 1.24. The quantitative estimate of drug-likeness (QED) is 0.453. The Morgan fingerprint density at radius 2 is 2.00 bits per heavy atom. The molecule has 0 saturated carbocycles. The van der Waals surface area contributed by atoms with E-state index in [9.17, 15) is 0 Å². The van der Waals surface area contributed by atoms with Crippen molar-refractivity contribution in [2.75, 3.05) is 19.8 Å². The third kappa shape index (κ3) is 1.10. The highest BCUT2D eigenvalue weighted by Crippen LogP contribution is 2.36. The van der Waals surface area contributed by atoms with Crippen molar-refractivity contribution in [2.24, 2.45) is 0 Å². The summed E-state index contributed by atoms with van der Waals surface area (Å²) in [7, 11) is 0. The largest absolute Gasteiger partial charge is 0.381 e. The lowest BCUT2D eigenvalue weighted by molar-refractivity contribution is 0.138. The van der Waals surface area contributed by atoms with Crippen LogP contribution in [0.25, 0.3) is 0 Å². The van der Waals surface area contributed by atoms with Crippen LogP contribution in [0.5, 0.6) is 0 Å². The van der Waals surface area contributed by atoms with Gasteiger partial charge in [-0.1, -0.05) is 0 Å². The smallest absolute Gasteiger partial charge is 0.0939 e. The minimum absolute atomic E-state index is 0.288. The summed E-state index contributed by atoms with van der Waals surface area (Å²) in [5.74, 6) is 0. The summed E-state index contributed by atoms with van der Waals surface area (Å²) in [6, 6.07) is 0. The van der Waals surface area contributed by atoms with Gasteiger partial charge in [-0.2, -0.15) is 0 Å². The zero-order valence-corrected chi connectivity index (χ0v) is 5.56. The Morgan fingerprint density at radius 1 is 1.11 bits per heavy atom. The van der Waals surface area contributed by atoms with Crippen LogP contribution in [0.15, 0.2) is 0 Å². The molecule has 0 aromatic carbocycles. The van der Waals surface area contributed by atoms with E-state index >= 15 is 0 Å². The van der Waals surface area contributed by atoms with Crippen molar-refractivity contribution in [1.82, 2.24) is 0 Å². The van der Waals surface area contributed by atoms with Gasteiger partial charge < -0.3 is 9.47 Å². The molecule has 0 aliphatic carbocycles. The first-order valence-corrected chi connectivity index (χ1v) is 3.63. The summed E-state index contributed by atoms with van der Waals surface area (Å²) < 4.78 is 10.6. The molecule has 2 rings (SSSR count). The molecule has 0 aromatic heterocycles. The van der Waals surface area contributed by atoms with E-state index in [1.807, 2.05) is 0 Å². The van der Waals surface area contributed by atoms with E-state index < -0.39 is 0 Å². The Balaban J connectivity index is 1.92. The van der Waals surface area contributed by atoms with Gasteiger partial charge in [0.1, 0.15) is 0 Å². The molecule has 0 N–H and O–H groups in total. The fourth-order valence-corrected chi connectivity index (χ4v) is 1.37. The van der Waals surface area contributed by atoms with Crippen LogP contribution in [-0.2, 0) is 9.47 Å². The van der Waals surface area contributed by atoms with Crippen molar-refractivity contribution in [3.8, 4) is 0 Å². The van der Waals surface area contributed by atoms with Gasteiger partial charge in [0.15, 0.2) is 0 Å². The Hall–Kier alpha value is -0.0800. The van der Waals surface area contributed by atoms with Gasteiger partial charge >= 0.3 is 0 Å². The van der Waals surface area contributed by atoms with Gasteiger partial charge in [-0.25, -0.2) is 0 Å². The topological polar surface area (TPSA) is 21.8 Å². The Morgan fingerprint density at radius 3 is 2.78 bits per heavy atom. The van der Waals surface area contributed by atoms with Crippen molar-refractivity contribution in [2.45, 2.75) is 24.9 Å². The predicted octanol–water partition coefficient (Wildman–Crippen LogP) is 0.956. The molecule has 2 saturated heterocycles. The van der Waals surface area contributed by atoms with Crippen LogP contribution in [0, 0.1) is 0 Å². The van der Waals surface area contributed by atoms with E-state index in [4.69, 9.17) is 9.47 Å². The van der Waals surface area contributed by atoms with Crippen LogP contribution in [0.3, 0.4) is 0 Å². The van der Waals surface area contributed by atoms with Gasteiger partial charge in [0.25, 0.3) is 0 Å². The fraction of sp³-hybridized carbons (Fsp3) is 1.00. The van der Waals surface area contributed by atoms with E-state index in [2.05, 4.69) is 0 Å². The molecule has 1 spiro atoms. The number of rotatable bonds is 0. The molecule has 0 amide bonds. The molecular formula is C7H12O2. The van der Waals surface area contributed by atoms with Gasteiger partial charge in [-0.15, -0.1) is 0 Å². The van der Waals surface area contributed by atoms with Crippen molar-refractivity contribution in [3.63, 3.8) is 0 Å². The second kappa shape index (κ2) is 1.96. The summed E-state index contributed by atoms with van der Waals surface area (Å²) in [6.45, 7) is 2.82. The molecule has 0 bridgehead atoms. The van der Waals surface area contributed by atoms with Crippen molar-refractivity contribution in [1.29, 1.82) is 0 Å². The molecule has 1 unspecified atom stereocenters. The molecule has 2 heterocycles. The van der Waals surface area contributed by atoms with Crippen LogP contribution in [-0.4, -0.2) is 25.4 Å². The first-order valence-electron chi connectivity index (χ1n) is 3.63. The Bertz CT molecular complexity index is 97.5. The van der Waals surface area contributed by atoms with Crippen LogP contribution in [0.1, 0.15) is 19.3 Å². The maximum absolute atomic E-state index is 5.34. The number of hydrogen-bond donors (Lipinski definition) is 0. The average Bonchev–Trinajstić information content (AvgIpc) is 2.64. The number of hydrogen-bond acceptors (Lipinski definition) is 2. The first-order chi connectivity index (χ1) is 4.41. The third-order valence-corrected chi connectivity index (χ3v) is 2.18. The average molecular weight is 128 g/mol. The van der Waals surface area contributed by atoms with Gasteiger partial charge in [0.05, 0.1) is 12.2 Å². The van der Waals surface area contributed by atoms with Crippen molar-refractivity contribution < 1.29 is 9.47 Å². The van der Waals surface area contributed by atoms with E-state index in [-0.39, 0.29) is 5.60 Å². The van der Waals surface area contributed by atoms with E-state index in [0.717, 1.165) is 26.2 Å². The first kappa shape index (κ1) is 5.69. The lowest BCUT2D eigenvalue weighted by Crippen LogP contribution is -2.09. The summed E-state index contributed by atoms with van der Waals surface area (Å²) >= 11 is 0. The van der Waals surface area contributed by atoms with Crippen molar-refractivity contribution >= 4 is 0 Å². The summed E-state index contributed by atoms with van der Waals surface area (Å²) in [5, 5.41) is 0. The van der Waals surface area contributed by atoms with Gasteiger partial charge in [-0.3, -0.25) is 0 Å². The molecule has 1 atom stereocenters. The highest BCUT2D eigenvalue weighted by atomic mass is 16.6. The molecule has 2 heteroatoms. The van der Waals surface area contributed by atoms with E-state index in [1.165, 1.54) is 12.8 Å². The Labute approximate surface area is 55.1 Å². The SMILES string of the molecule is C1COCCC2(C1)CO2. The standard InChI is InChI=1S/C7H12O2/c1-2-7(6-9-7)3-5-8-4-1/h1-6H2. The van der Waals surface area contributed by atoms with Crippen LogP contribution in [0.2, 0.25) is 0 Å². The lowest BCUT2D eigenvalue weighted by atomic mass is 10.0. The molecule has 0 radical (unpaired) electrons. The summed E-state index contributed by atoms with van der Waals surface area (Å²) in [4.78, 5) is 0. The zero-order valence-electron chi connectivity index (χ0n) is 5.56. The maximum Gasteiger partial charge on any atom is 0.0939 e. The van der Waals surface area contributed by atoms with Crippen LogP contribution < -0.4 is 0 Å². The highest BCUT2D eigenvalue weighted by Gasteiger charge is 2.44. The van der Waals surface area contributed by atoms with Gasteiger partial charge in [0.2, 0.25) is 0 Å².